The topological polar surface area (TPSA) is 59.0 Å². The van der Waals surface area contributed by atoms with E-state index in [0.717, 1.165) is 12.1 Å². The maximum Gasteiger partial charge on any atom is 0.225 e. The van der Waals surface area contributed by atoms with Gasteiger partial charge in [-0.15, -0.1) is 23.7 Å². The molecule has 5 nitrogen and oxygen atoms in total. The Bertz CT molecular complexity index is 653. The molecule has 1 saturated heterocycles. The Morgan fingerprint density at radius 3 is 2.87 bits per heavy atom. The number of nitrogens with one attached hydrogen (secondary N) is 2. The monoisotopic (exact) mass is 354 g/mol. The minimum atomic E-state index is -0.340. The molecule has 7 heteroatoms. The predicted molar refractivity (Wildman–Crippen MR) is 95.0 cm³/mol. The maximum atomic E-state index is 12.8. The van der Waals surface area contributed by atoms with E-state index in [-0.39, 0.29) is 35.7 Å². The van der Waals surface area contributed by atoms with Crippen LogP contribution < -0.4 is 10.6 Å². The highest BCUT2D eigenvalue weighted by atomic mass is 35.5. The number of carbonyl (C=O) groups is 1. The summed E-state index contributed by atoms with van der Waals surface area (Å²) in [5.74, 6) is 0.244. The van der Waals surface area contributed by atoms with Crippen molar-refractivity contribution in [3.8, 4) is 0 Å². The fourth-order valence-electron chi connectivity index (χ4n) is 3.03. The zero-order valence-electron chi connectivity index (χ0n) is 13.6. The van der Waals surface area contributed by atoms with Gasteiger partial charge in [-0.2, -0.15) is 5.10 Å². The molecule has 1 aliphatic heterocycles. The zero-order chi connectivity index (χ0) is 15.7. The molecular weight excluding hydrogens is 332 g/mol. The van der Waals surface area contributed by atoms with E-state index in [1.807, 2.05) is 30.9 Å². The van der Waals surface area contributed by atoms with Crippen LogP contribution in [0.5, 0.6) is 0 Å². The lowest BCUT2D eigenvalue weighted by molar-refractivity contribution is -0.126. The van der Waals surface area contributed by atoms with Gasteiger partial charge in [0.05, 0.1) is 17.7 Å². The molecule has 3 rings (SSSR count). The van der Waals surface area contributed by atoms with Crippen LogP contribution in [0, 0.1) is 5.92 Å². The zero-order valence-corrected chi connectivity index (χ0v) is 15.2. The summed E-state index contributed by atoms with van der Waals surface area (Å²) in [7, 11) is 1.90. The molecule has 0 aromatic carbocycles. The molecule has 2 atom stereocenters. The lowest BCUT2D eigenvalue weighted by Gasteiger charge is -2.28. The molecule has 2 aromatic rings. The smallest absolute Gasteiger partial charge is 0.225 e. The first-order chi connectivity index (χ1) is 10.5. The molecule has 1 aliphatic rings. The molecule has 0 unspecified atom stereocenters. The second-order valence-corrected chi connectivity index (χ2v) is 7.36. The Labute approximate surface area is 146 Å². The van der Waals surface area contributed by atoms with Crippen molar-refractivity contribution < 1.29 is 4.79 Å². The van der Waals surface area contributed by atoms with Crippen LogP contribution in [0.4, 0.5) is 0 Å². The first kappa shape index (κ1) is 18.0. The molecule has 1 fully saturated rings. The van der Waals surface area contributed by atoms with Crippen molar-refractivity contribution in [2.45, 2.75) is 25.3 Å². The highest BCUT2D eigenvalue weighted by molar-refractivity contribution is 7.10. The Kier molecular flexibility index (Phi) is 5.49. The fourth-order valence-corrected chi connectivity index (χ4v) is 3.84. The van der Waals surface area contributed by atoms with Crippen LogP contribution in [0.1, 0.15) is 30.2 Å². The molecule has 2 N–H and O–H groups in total. The van der Waals surface area contributed by atoms with Gasteiger partial charge in [0.2, 0.25) is 5.91 Å². The second-order valence-electron chi connectivity index (χ2n) is 6.41. The summed E-state index contributed by atoms with van der Waals surface area (Å²) in [6, 6.07) is 4.08. The van der Waals surface area contributed by atoms with Gasteiger partial charge in [0.15, 0.2) is 0 Å². The SMILES string of the molecule is Cl.Cn1cc([C@H]2CNC[C@@H]2C(=O)NC(C)(C)c2cccs2)cn1. The molecule has 3 heterocycles. The summed E-state index contributed by atoms with van der Waals surface area (Å²) in [6.07, 6.45) is 3.87. The largest absolute Gasteiger partial charge is 0.346 e. The van der Waals surface area contributed by atoms with E-state index in [0.29, 0.717) is 6.54 Å². The average Bonchev–Trinajstić information content (AvgIpc) is 3.19. The number of rotatable bonds is 4. The van der Waals surface area contributed by atoms with Gasteiger partial charge in [-0.25, -0.2) is 0 Å². The van der Waals surface area contributed by atoms with Gasteiger partial charge in [0.25, 0.3) is 0 Å². The van der Waals surface area contributed by atoms with Crippen molar-refractivity contribution in [3.63, 3.8) is 0 Å². The Balaban J connectivity index is 0.00000192. The molecule has 0 aliphatic carbocycles. The number of amides is 1. The number of aromatic nitrogens is 2. The third-order valence-electron chi connectivity index (χ3n) is 4.28. The quantitative estimate of drug-likeness (QED) is 0.885. The van der Waals surface area contributed by atoms with E-state index < -0.39 is 0 Å². The Morgan fingerprint density at radius 1 is 1.48 bits per heavy atom. The van der Waals surface area contributed by atoms with Gasteiger partial charge < -0.3 is 10.6 Å². The van der Waals surface area contributed by atoms with Crippen molar-refractivity contribution in [3.05, 3.63) is 40.3 Å². The molecule has 126 valence electrons. The minimum absolute atomic E-state index is 0. The van der Waals surface area contributed by atoms with Gasteiger partial charge in [-0.05, 0) is 30.9 Å². The summed E-state index contributed by atoms with van der Waals surface area (Å²) < 4.78 is 1.79. The van der Waals surface area contributed by atoms with Gasteiger partial charge in [0.1, 0.15) is 0 Å². The average molecular weight is 355 g/mol. The minimum Gasteiger partial charge on any atom is -0.346 e. The van der Waals surface area contributed by atoms with Crippen molar-refractivity contribution in [2.24, 2.45) is 13.0 Å². The second kappa shape index (κ2) is 7.03. The van der Waals surface area contributed by atoms with Crippen LogP contribution in [0.25, 0.3) is 0 Å². The molecule has 0 saturated carbocycles. The first-order valence-electron chi connectivity index (χ1n) is 7.52. The highest BCUT2D eigenvalue weighted by Gasteiger charge is 2.37. The Hall–Kier alpha value is -1.37. The molecule has 0 radical (unpaired) electrons. The van der Waals surface area contributed by atoms with Crippen molar-refractivity contribution in [1.29, 1.82) is 0 Å². The van der Waals surface area contributed by atoms with Crippen molar-refractivity contribution >= 4 is 29.7 Å². The van der Waals surface area contributed by atoms with E-state index in [9.17, 15) is 4.79 Å². The van der Waals surface area contributed by atoms with Gasteiger partial charge >= 0.3 is 0 Å². The fraction of sp³-hybridized carbons (Fsp3) is 0.500. The van der Waals surface area contributed by atoms with Gasteiger partial charge in [-0.1, -0.05) is 6.07 Å². The van der Waals surface area contributed by atoms with E-state index in [2.05, 4.69) is 35.6 Å². The van der Waals surface area contributed by atoms with Crippen LogP contribution in [0.3, 0.4) is 0 Å². The van der Waals surface area contributed by atoms with Gasteiger partial charge in [0, 0.05) is 37.1 Å². The van der Waals surface area contributed by atoms with Crippen LogP contribution >= 0.6 is 23.7 Å². The number of thiophene rings is 1. The normalized spacial score (nSPS) is 21.0. The van der Waals surface area contributed by atoms with E-state index in [4.69, 9.17) is 0 Å². The number of hydrogen-bond donors (Lipinski definition) is 2. The lowest BCUT2D eigenvalue weighted by atomic mass is 9.89. The number of hydrogen-bond acceptors (Lipinski definition) is 4. The summed E-state index contributed by atoms with van der Waals surface area (Å²) in [6.45, 7) is 5.64. The number of carbonyl (C=O) groups excluding carboxylic acids is 1. The van der Waals surface area contributed by atoms with Crippen LogP contribution in [-0.4, -0.2) is 28.8 Å². The third kappa shape index (κ3) is 3.76. The van der Waals surface area contributed by atoms with Crippen molar-refractivity contribution in [1.82, 2.24) is 20.4 Å². The molecule has 2 aromatic heterocycles. The summed E-state index contributed by atoms with van der Waals surface area (Å²) in [5.41, 5.74) is 0.787. The molecule has 0 bridgehead atoms. The molecule has 1 amide bonds. The van der Waals surface area contributed by atoms with Gasteiger partial charge in [-0.3, -0.25) is 9.48 Å². The number of aryl methyl sites for hydroxylation is 1. The third-order valence-corrected chi connectivity index (χ3v) is 5.47. The molecule has 23 heavy (non-hydrogen) atoms. The van der Waals surface area contributed by atoms with Crippen LogP contribution in [0.2, 0.25) is 0 Å². The molecule has 0 spiro atoms. The molecular formula is C16H23ClN4OS. The first-order valence-corrected chi connectivity index (χ1v) is 8.40. The summed E-state index contributed by atoms with van der Waals surface area (Å²) in [4.78, 5) is 13.9. The number of nitrogens with zero attached hydrogens (tertiary/aromatic N) is 2. The van der Waals surface area contributed by atoms with Crippen LogP contribution in [0.15, 0.2) is 29.9 Å². The number of halogens is 1. The lowest BCUT2D eigenvalue weighted by Crippen LogP contribution is -2.45. The van der Waals surface area contributed by atoms with Crippen LogP contribution in [-0.2, 0) is 17.4 Å². The van der Waals surface area contributed by atoms with E-state index in [1.165, 1.54) is 4.88 Å². The van der Waals surface area contributed by atoms with E-state index in [1.54, 1.807) is 16.0 Å². The maximum absolute atomic E-state index is 12.8. The van der Waals surface area contributed by atoms with Crippen molar-refractivity contribution in [2.75, 3.05) is 13.1 Å². The van der Waals surface area contributed by atoms with E-state index >= 15 is 0 Å². The summed E-state index contributed by atoms with van der Waals surface area (Å²) in [5, 5.41) is 12.8. The Morgan fingerprint density at radius 2 is 2.26 bits per heavy atom. The summed E-state index contributed by atoms with van der Waals surface area (Å²) >= 11 is 1.67. The predicted octanol–water partition coefficient (Wildman–Crippen LogP) is 2.26. The highest BCUT2D eigenvalue weighted by Crippen LogP contribution is 2.30. The standard InChI is InChI=1S/C16H22N4OS.ClH/c1-16(2,14-5-4-6-22-14)19-15(21)13-9-17-8-12(13)11-7-18-20(3)10-11;/h4-7,10,12-13,17H,8-9H2,1-3H3,(H,19,21);1H/t12-,13+;/m1./s1.